The van der Waals surface area contributed by atoms with E-state index in [1.54, 1.807) is 18.2 Å². The molecule has 1 unspecified atom stereocenters. The molecule has 1 fully saturated rings. The highest BCUT2D eigenvalue weighted by atomic mass is 32.2. The molecule has 1 spiro atoms. The summed E-state index contributed by atoms with van der Waals surface area (Å²) < 4.78 is 37.7. The average Bonchev–Trinajstić information content (AvgIpc) is 3.17. The van der Waals surface area contributed by atoms with Crippen LogP contribution in [0, 0.1) is 0 Å². The molecule has 0 saturated carbocycles. The van der Waals surface area contributed by atoms with E-state index in [1.807, 2.05) is 26.0 Å². The van der Waals surface area contributed by atoms with Crippen LogP contribution in [0.2, 0.25) is 0 Å². The quantitative estimate of drug-likeness (QED) is 0.776. The first-order valence-electron chi connectivity index (χ1n) is 8.60. The molecule has 0 radical (unpaired) electrons. The highest BCUT2D eigenvalue weighted by molar-refractivity contribution is 7.92. The van der Waals surface area contributed by atoms with Gasteiger partial charge < -0.3 is 9.47 Å². The van der Waals surface area contributed by atoms with Crippen molar-refractivity contribution >= 4 is 9.84 Å². The summed E-state index contributed by atoms with van der Waals surface area (Å²) in [6.45, 7) is 9.33. The predicted molar refractivity (Wildman–Crippen MR) is 94.0 cm³/mol. The summed E-state index contributed by atoms with van der Waals surface area (Å²) in [5.74, 6) is -0.325. The van der Waals surface area contributed by atoms with E-state index in [0.717, 1.165) is 5.56 Å². The maximum absolute atomic E-state index is 13.2. The number of hydrogen-bond donors (Lipinski definition) is 0. The molecule has 1 aliphatic carbocycles. The van der Waals surface area contributed by atoms with Gasteiger partial charge in [0, 0.05) is 6.42 Å². The molecule has 1 aromatic carbocycles. The summed E-state index contributed by atoms with van der Waals surface area (Å²) in [6.07, 6.45) is 3.82. The van der Waals surface area contributed by atoms with Crippen molar-refractivity contribution in [2.45, 2.75) is 61.9 Å². The Morgan fingerprint density at radius 2 is 1.75 bits per heavy atom. The second-order valence-corrected chi connectivity index (χ2v) is 9.40. The minimum atomic E-state index is -3.47. The predicted octanol–water partition coefficient (Wildman–Crippen LogP) is 3.78. The standard InChI is InChI=1S/C19H26O4S/c1-13(2)15-5-6-18(17(11-15)14(3)4)24(20,21)16-7-8-19(12-16)22-9-10-23-19/h5-8,11,13-14,16H,9-10,12H2,1-4H3. The van der Waals surface area contributed by atoms with Gasteiger partial charge in [0.25, 0.3) is 0 Å². The second kappa shape index (κ2) is 6.28. The zero-order chi connectivity index (χ0) is 17.5. The van der Waals surface area contributed by atoms with Crippen LogP contribution in [0.3, 0.4) is 0 Å². The first-order valence-corrected chi connectivity index (χ1v) is 10.1. The molecular weight excluding hydrogens is 324 g/mol. The van der Waals surface area contributed by atoms with Crippen molar-refractivity contribution in [3.63, 3.8) is 0 Å². The van der Waals surface area contributed by atoms with Gasteiger partial charge in [-0.05, 0) is 35.1 Å². The molecule has 2 aliphatic rings. The SMILES string of the molecule is CC(C)c1ccc(S(=O)(=O)C2C=CC3(C2)OCCO3)c(C(C)C)c1. The molecule has 1 saturated heterocycles. The van der Waals surface area contributed by atoms with Crippen LogP contribution < -0.4 is 0 Å². The van der Waals surface area contributed by atoms with Crippen molar-refractivity contribution in [3.05, 3.63) is 41.5 Å². The molecule has 1 atom stereocenters. The molecule has 3 rings (SSSR count). The van der Waals surface area contributed by atoms with Gasteiger partial charge in [-0.2, -0.15) is 0 Å². The fourth-order valence-corrected chi connectivity index (χ4v) is 5.31. The third kappa shape index (κ3) is 3.05. The molecule has 132 valence electrons. The number of sulfone groups is 1. The highest BCUT2D eigenvalue weighted by Gasteiger charge is 2.45. The van der Waals surface area contributed by atoms with E-state index < -0.39 is 20.9 Å². The summed E-state index contributed by atoms with van der Waals surface area (Å²) in [7, 11) is -3.47. The fourth-order valence-electron chi connectivity index (χ4n) is 3.37. The summed E-state index contributed by atoms with van der Waals surface area (Å²) in [6, 6.07) is 5.74. The summed E-state index contributed by atoms with van der Waals surface area (Å²) >= 11 is 0. The highest BCUT2D eigenvalue weighted by Crippen LogP contribution is 2.38. The van der Waals surface area contributed by atoms with E-state index in [2.05, 4.69) is 13.8 Å². The summed E-state index contributed by atoms with van der Waals surface area (Å²) in [5.41, 5.74) is 2.06. The van der Waals surface area contributed by atoms with E-state index in [-0.39, 0.29) is 5.92 Å². The summed E-state index contributed by atoms with van der Waals surface area (Å²) in [5, 5.41) is -0.599. The van der Waals surface area contributed by atoms with Crippen molar-refractivity contribution in [2.24, 2.45) is 0 Å². The molecule has 5 heteroatoms. The van der Waals surface area contributed by atoms with Crippen LogP contribution in [0.5, 0.6) is 0 Å². The lowest BCUT2D eigenvalue weighted by atomic mass is 9.96. The van der Waals surface area contributed by atoms with Crippen molar-refractivity contribution in [2.75, 3.05) is 13.2 Å². The van der Waals surface area contributed by atoms with E-state index >= 15 is 0 Å². The van der Waals surface area contributed by atoms with Crippen LogP contribution in [0.25, 0.3) is 0 Å². The number of hydrogen-bond acceptors (Lipinski definition) is 4. The largest absolute Gasteiger partial charge is 0.344 e. The van der Waals surface area contributed by atoms with Gasteiger partial charge in [0.05, 0.1) is 23.4 Å². The van der Waals surface area contributed by atoms with E-state index in [9.17, 15) is 8.42 Å². The number of rotatable bonds is 4. The third-order valence-corrected chi connectivity index (χ3v) is 6.96. The topological polar surface area (TPSA) is 52.6 Å². The minimum absolute atomic E-state index is 0.145. The zero-order valence-corrected chi connectivity index (χ0v) is 15.6. The Morgan fingerprint density at radius 3 is 2.33 bits per heavy atom. The van der Waals surface area contributed by atoms with Gasteiger partial charge in [-0.15, -0.1) is 0 Å². The molecule has 1 aliphatic heterocycles. The van der Waals surface area contributed by atoms with E-state index in [4.69, 9.17) is 9.47 Å². The maximum atomic E-state index is 13.2. The lowest BCUT2D eigenvalue weighted by Crippen LogP contribution is -2.30. The van der Waals surface area contributed by atoms with Gasteiger partial charge in [-0.3, -0.25) is 0 Å². The molecule has 0 aromatic heterocycles. The van der Waals surface area contributed by atoms with Gasteiger partial charge in [0.1, 0.15) is 0 Å². The van der Waals surface area contributed by atoms with Gasteiger partial charge >= 0.3 is 0 Å². The molecule has 4 nitrogen and oxygen atoms in total. The van der Waals surface area contributed by atoms with Crippen molar-refractivity contribution in [1.82, 2.24) is 0 Å². The lowest BCUT2D eigenvalue weighted by molar-refractivity contribution is -0.114. The number of benzene rings is 1. The molecule has 24 heavy (non-hydrogen) atoms. The second-order valence-electron chi connectivity index (χ2n) is 7.26. The molecular formula is C19H26O4S. The third-order valence-electron chi connectivity index (χ3n) is 4.85. The Labute approximate surface area is 144 Å². The Morgan fingerprint density at radius 1 is 1.08 bits per heavy atom. The van der Waals surface area contributed by atoms with Gasteiger partial charge in [0.2, 0.25) is 0 Å². The molecule has 0 amide bonds. The van der Waals surface area contributed by atoms with Crippen LogP contribution in [-0.4, -0.2) is 32.7 Å². The lowest BCUT2D eigenvalue weighted by Gasteiger charge is -2.22. The smallest absolute Gasteiger partial charge is 0.189 e. The molecule has 0 bridgehead atoms. The van der Waals surface area contributed by atoms with Gasteiger partial charge in [-0.25, -0.2) is 8.42 Å². The average molecular weight is 350 g/mol. The van der Waals surface area contributed by atoms with Gasteiger partial charge in [0.15, 0.2) is 15.6 Å². The van der Waals surface area contributed by atoms with Crippen LogP contribution in [0.15, 0.2) is 35.2 Å². The Hall–Kier alpha value is -1.17. The normalized spacial score (nSPS) is 23.0. The molecule has 0 N–H and O–H groups in total. The Kier molecular flexibility index (Phi) is 4.62. The fraction of sp³-hybridized carbons (Fsp3) is 0.579. The molecule has 1 heterocycles. The summed E-state index contributed by atoms with van der Waals surface area (Å²) in [4.78, 5) is 0.437. The van der Waals surface area contributed by atoms with Crippen LogP contribution >= 0.6 is 0 Å². The van der Waals surface area contributed by atoms with Crippen molar-refractivity contribution in [1.29, 1.82) is 0 Å². The zero-order valence-electron chi connectivity index (χ0n) is 14.8. The van der Waals surface area contributed by atoms with Crippen LogP contribution in [0.1, 0.15) is 57.1 Å². The van der Waals surface area contributed by atoms with E-state index in [0.29, 0.717) is 30.4 Å². The Balaban J connectivity index is 1.97. The van der Waals surface area contributed by atoms with E-state index in [1.165, 1.54) is 5.56 Å². The monoisotopic (exact) mass is 350 g/mol. The first-order chi connectivity index (χ1) is 11.3. The van der Waals surface area contributed by atoms with Crippen LogP contribution in [-0.2, 0) is 19.3 Å². The maximum Gasteiger partial charge on any atom is 0.189 e. The van der Waals surface area contributed by atoms with Gasteiger partial charge in [-0.1, -0.05) is 45.9 Å². The first kappa shape index (κ1) is 17.6. The van der Waals surface area contributed by atoms with Crippen molar-refractivity contribution < 1.29 is 17.9 Å². The van der Waals surface area contributed by atoms with Crippen LogP contribution in [0.4, 0.5) is 0 Å². The number of ether oxygens (including phenoxy) is 2. The minimum Gasteiger partial charge on any atom is -0.344 e. The van der Waals surface area contributed by atoms with Crippen molar-refractivity contribution in [3.8, 4) is 0 Å². The molecule has 1 aromatic rings. The Bertz CT molecular complexity index is 741.